The molecule has 0 aliphatic rings. The van der Waals surface area contributed by atoms with Crippen molar-refractivity contribution in [1.29, 1.82) is 0 Å². The lowest BCUT2D eigenvalue weighted by Gasteiger charge is -1.86. The number of aliphatic carboxylic acids is 1. The maximum absolute atomic E-state index is 12.7. The Hall–Kier alpha value is -2.10. The summed E-state index contributed by atoms with van der Waals surface area (Å²) in [5.41, 5.74) is 0.599. The first-order valence-corrected chi connectivity index (χ1v) is 4.26. The highest BCUT2D eigenvalue weighted by molar-refractivity contribution is 5.90. The van der Waals surface area contributed by atoms with Crippen LogP contribution in [0.1, 0.15) is 5.76 Å². The Morgan fingerprint density at radius 1 is 1.40 bits per heavy atom. The average molecular weight is 206 g/mol. The molecule has 3 nitrogen and oxygen atoms in total. The fraction of sp³-hybridized carbons (Fsp3) is 0. The van der Waals surface area contributed by atoms with Gasteiger partial charge >= 0.3 is 5.97 Å². The summed E-state index contributed by atoms with van der Waals surface area (Å²) < 4.78 is 18.0. The van der Waals surface area contributed by atoms with Crippen molar-refractivity contribution in [1.82, 2.24) is 0 Å². The van der Waals surface area contributed by atoms with Crippen molar-refractivity contribution in [2.75, 3.05) is 0 Å². The van der Waals surface area contributed by atoms with E-state index in [4.69, 9.17) is 9.52 Å². The fourth-order valence-electron chi connectivity index (χ4n) is 1.26. The number of carboxylic acid groups (broad SMARTS) is 1. The minimum atomic E-state index is -1.60. The summed E-state index contributed by atoms with van der Waals surface area (Å²) in [4.78, 5) is 10.2. The van der Waals surface area contributed by atoms with Gasteiger partial charge < -0.3 is 9.52 Å². The number of hydrogen-bond donors (Lipinski definition) is 1. The number of furan rings is 1. The van der Waals surface area contributed by atoms with Gasteiger partial charge in [-0.15, -0.1) is 0 Å². The Labute approximate surface area is 84.4 Å². The van der Waals surface area contributed by atoms with E-state index in [1.807, 2.05) is 6.07 Å². The number of rotatable bonds is 2. The largest absolute Gasteiger partial charge is 0.476 e. The highest BCUT2D eigenvalue weighted by Crippen LogP contribution is 2.20. The number of benzene rings is 1. The Morgan fingerprint density at radius 3 is 2.80 bits per heavy atom. The number of carboxylic acids is 1. The molecule has 1 aromatic carbocycles. The first-order chi connectivity index (χ1) is 7.16. The molecule has 2 aromatic rings. The van der Waals surface area contributed by atoms with Crippen LogP contribution in [0.3, 0.4) is 0 Å². The lowest BCUT2D eigenvalue weighted by atomic mass is 10.2. The summed E-state index contributed by atoms with van der Waals surface area (Å²) in [6.07, 6.45) is 0.850. The van der Waals surface area contributed by atoms with Crippen molar-refractivity contribution in [2.45, 2.75) is 0 Å². The van der Waals surface area contributed by atoms with Gasteiger partial charge in [0.05, 0.1) is 0 Å². The summed E-state index contributed by atoms with van der Waals surface area (Å²) in [5.74, 6) is -2.65. The average Bonchev–Trinajstić information content (AvgIpc) is 2.59. The highest BCUT2D eigenvalue weighted by atomic mass is 19.1. The molecule has 76 valence electrons. The normalized spacial score (nSPS) is 11.9. The zero-order chi connectivity index (χ0) is 10.8. The number of carbonyl (C=O) groups is 1. The van der Waals surface area contributed by atoms with Crippen LogP contribution in [-0.4, -0.2) is 11.1 Å². The van der Waals surface area contributed by atoms with Gasteiger partial charge in [-0.25, -0.2) is 4.79 Å². The quantitative estimate of drug-likeness (QED) is 0.768. The Balaban J connectivity index is 2.46. The van der Waals surface area contributed by atoms with Crippen LogP contribution in [0.4, 0.5) is 4.39 Å². The molecule has 0 bridgehead atoms. The smallest absolute Gasteiger partial charge is 0.364 e. The predicted molar refractivity (Wildman–Crippen MR) is 52.9 cm³/mol. The minimum absolute atomic E-state index is 0.191. The first kappa shape index (κ1) is 9.45. The molecule has 4 heteroatoms. The molecule has 0 atom stereocenters. The maximum atomic E-state index is 12.7. The van der Waals surface area contributed by atoms with Crippen LogP contribution in [0, 0.1) is 0 Å². The second-order valence-electron chi connectivity index (χ2n) is 2.98. The zero-order valence-corrected chi connectivity index (χ0v) is 7.61. The third-order valence-corrected chi connectivity index (χ3v) is 1.92. The zero-order valence-electron chi connectivity index (χ0n) is 7.61. The van der Waals surface area contributed by atoms with Crippen molar-refractivity contribution in [3.05, 3.63) is 41.9 Å². The Bertz CT molecular complexity index is 507. The van der Waals surface area contributed by atoms with Gasteiger partial charge in [0.2, 0.25) is 5.83 Å². The Kier molecular flexibility index (Phi) is 2.25. The van der Waals surface area contributed by atoms with E-state index in [1.165, 1.54) is 0 Å². The molecular formula is C11H7FO3. The van der Waals surface area contributed by atoms with Crippen molar-refractivity contribution >= 4 is 23.0 Å². The van der Waals surface area contributed by atoms with Gasteiger partial charge in [-0.3, -0.25) is 0 Å². The van der Waals surface area contributed by atoms with Crippen LogP contribution in [0.15, 0.2) is 40.6 Å². The second kappa shape index (κ2) is 3.57. The molecule has 0 fully saturated rings. The van der Waals surface area contributed by atoms with Crippen molar-refractivity contribution < 1.29 is 18.7 Å². The molecule has 0 aliphatic carbocycles. The number of para-hydroxylation sites is 1. The lowest BCUT2D eigenvalue weighted by molar-refractivity contribution is -0.134. The van der Waals surface area contributed by atoms with Crippen molar-refractivity contribution in [2.24, 2.45) is 0 Å². The van der Waals surface area contributed by atoms with Crippen molar-refractivity contribution in [3.63, 3.8) is 0 Å². The molecule has 0 aliphatic heterocycles. The lowest BCUT2D eigenvalue weighted by Crippen LogP contribution is -1.93. The van der Waals surface area contributed by atoms with Gasteiger partial charge in [0.1, 0.15) is 11.3 Å². The van der Waals surface area contributed by atoms with E-state index >= 15 is 0 Å². The topological polar surface area (TPSA) is 50.4 Å². The number of halogens is 1. The van der Waals surface area contributed by atoms with E-state index in [-0.39, 0.29) is 5.76 Å². The summed E-state index contributed by atoms with van der Waals surface area (Å²) >= 11 is 0. The van der Waals surface area contributed by atoms with E-state index in [9.17, 15) is 9.18 Å². The molecule has 0 unspecified atom stereocenters. The van der Waals surface area contributed by atoms with Crippen LogP contribution in [0.5, 0.6) is 0 Å². The molecule has 1 aromatic heterocycles. The molecule has 2 rings (SSSR count). The molecule has 0 saturated heterocycles. The first-order valence-electron chi connectivity index (χ1n) is 4.26. The van der Waals surface area contributed by atoms with Crippen molar-refractivity contribution in [3.8, 4) is 0 Å². The SMILES string of the molecule is O=C(O)/C(F)=C/c1cc2ccccc2o1. The highest BCUT2D eigenvalue weighted by Gasteiger charge is 2.07. The molecule has 0 amide bonds. The summed E-state index contributed by atoms with van der Waals surface area (Å²) in [6.45, 7) is 0. The van der Waals surface area contributed by atoms with E-state index in [2.05, 4.69) is 0 Å². The monoisotopic (exact) mass is 206 g/mol. The van der Waals surface area contributed by atoms with Gasteiger partial charge in [0, 0.05) is 11.5 Å². The molecule has 1 heterocycles. The third-order valence-electron chi connectivity index (χ3n) is 1.92. The summed E-state index contributed by atoms with van der Waals surface area (Å²) in [6, 6.07) is 8.71. The van der Waals surface area contributed by atoms with Crippen LogP contribution >= 0.6 is 0 Å². The van der Waals surface area contributed by atoms with E-state index < -0.39 is 11.8 Å². The van der Waals surface area contributed by atoms with Gasteiger partial charge in [-0.1, -0.05) is 18.2 Å². The molecular weight excluding hydrogens is 199 g/mol. The molecule has 0 saturated carbocycles. The molecule has 1 N–H and O–H groups in total. The van der Waals surface area contributed by atoms with Crippen LogP contribution in [0.25, 0.3) is 17.0 Å². The van der Waals surface area contributed by atoms with E-state index in [1.54, 1.807) is 24.3 Å². The third kappa shape index (κ3) is 1.88. The Morgan fingerprint density at radius 2 is 2.13 bits per heavy atom. The fourth-order valence-corrected chi connectivity index (χ4v) is 1.26. The van der Waals surface area contributed by atoms with E-state index in [0.29, 0.717) is 5.58 Å². The second-order valence-corrected chi connectivity index (χ2v) is 2.98. The standard InChI is InChI=1S/C11H7FO3/c12-9(11(13)14)6-8-5-7-3-1-2-4-10(7)15-8/h1-6H,(H,13,14)/b9-6-. The predicted octanol–water partition coefficient (Wildman–Crippen LogP) is 2.83. The minimum Gasteiger partial charge on any atom is -0.476 e. The summed E-state index contributed by atoms with van der Waals surface area (Å²) in [7, 11) is 0. The summed E-state index contributed by atoms with van der Waals surface area (Å²) in [5, 5.41) is 9.14. The molecule has 0 spiro atoms. The maximum Gasteiger partial charge on any atom is 0.364 e. The van der Waals surface area contributed by atoms with Crippen LogP contribution in [-0.2, 0) is 4.79 Å². The van der Waals surface area contributed by atoms with Gasteiger partial charge in [-0.2, -0.15) is 4.39 Å². The molecule has 0 radical (unpaired) electrons. The van der Waals surface area contributed by atoms with Crippen LogP contribution in [0.2, 0.25) is 0 Å². The van der Waals surface area contributed by atoms with Gasteiger partial charge in [0.25, 0.3) is 0 Å². The number of hydrogen-bond acceptors (Lipinski definition) is 2. The van der Waals surface area contributed by atoms with Crippen LogP contribution < -0.4 is 0 Å². The van der Waals surface area contributed by atoms with Gasteiger partial charge in [-0.05, 0) is 12.1 Å². The number of fused-ring (bicyclic) bond motifs is 1. The van der Waals surface area contributed by atoms with Gasteiger partial charge in [0.15, 0.2) is 0 Å². The molecule has 15 heavy (non-hydrogen) atoms. The van der Waals surface area contributed by atoms with E-state index in [0.717, 1.165) is 11.5 Å².